The van der Waals surface area contributed by atoms with Crippen LogP contribution >= 0.6 is 12.2 Å². The first-order chi connectivity index (χ1) is 10.1. The number of rotatable bonds is 2. The summed E-state index contributed by atoms with van der Waals surface area (Å²) in [5, 5.41) is 2.92. The second-order valence-electron chi connectivity index (χ2n) is 4.23. The Labute approximate surface area is 126 Å². The number of amides is 1. The minimum Gasteiger partial charge on any atom is -0.331 e. The summed E-state index contributed by atoms with van der Waals surface area (Å²) in [5.74, 6) is -0.680. The molecule has 0 radical (unpaired) electrons. The van der Waals surface area contributed by atoms with Crippen molar-refractivity contribution in [1.82, 2.24) is 15.8 Å². The highest BCUT2D eigenvalue weighted by molar-refractivity contribution is 7.80. The van der Waals surface area contributed by atoms with Gasteiger partial charge in [-0.3, -0.25) is 20.6 Å². The summed E-state index contributed by atoms with van der Waals surface area (Å²) < 4.78 is 13.4. The van der Waals surface area contributed by atoms with Gasteiger partial charge in [0.1, 0.15) is 5.82 Å². The van der Waals surface area contributed by atoms with Gasteiger partial charge in [-0.15, -0.1) is 0 Å². The molecule has 0 atom stereocenters. The number of halogens is 1. The number of hydrogen-bond acceptors (Lipinski definition) is 3. The fraction of sp³-hybridized carbons (Fsp3) is 0.0714. The van der Waals surface area contributed by atoms with Gasteiger partial charge in [-0.1, -0.05) is 6.07 Å². The summed E-state index contributed by atoms with van der Waals surface area (Å²) in [6.45, 7) is 1.67. The van der Waals surface area contributed by atoms with Crippen LogP contribution in [0.4, 0.5) is 10.1 Å². The van der Waals surface area contributed by atoms with E-state index in [1.165, 1.54) is 18.5 Å². The summed E-state index contributed by atoms with van der Waals surface area (Å²) in [7, 11) is 0. The van der Waals surface area contributed by atoms with Crippen molar-refractivity contribution in [2.45, 2.75) is 6.92 Å². The van der Waals surface area contributed by atoms with E-state index in [1.54, 1.807) is 31.2 Å². The van der Waals surface area contributed by atoms with Gasteiger partial charge in [0.25, 0.3) is 5.91 Å². The third kappa shape index (κ3) is 4.22. The Balaban J connectivity index is 1.87. The van der Waals surface area contributed by atoms with Crippen LogP contribution in [0.5, 0.6) is 0 Å². The summed E-state index contributed by atoms with van der Waals surface area (Å²) >= 11 is 5.01. The number of anilines is 1. The normalized spacial score (nSPS) is 9.81. The van der Waals surface area contributed by atoms with Crippen LogP contribution in [-0.2, 0) is 0 Å². The Morgan fingerprint density at radius 2 is 1.90 bits per heavy atom. The Hall–Kier alpha value is -2.54. The SMILES string of the molecule is Cc1ccc(NC(=S)NNC(=O)c2ccncc2)cc1F. The number of nitrogens with zero attached hydrogens (tertiary/aromatic N) is 1. The number of aromatic nitrogens is 1. The van der Waals surface area contributed by atoms with Gasteiger partial charge in [0, 0.05) is 23.6 Å². The summed E-state index contributed by atoms with van der Waals surface area (Å²) in [4.78, 5) is 15.6. The molecule has 0 bridgehead atoms. The number of carbonyl (C=O) groups is 1. The molecule has 0 aliphatic heterocycles. The molecule has 1 aromatic carbocycles. The summed E-state index contributed by atoms with van der Waals surface area (Å²) in [6, 6.07) is 7.80. The number of carbonyl (C=O) groups excluding carboxylic acids is 1. The average Bonchev–Trinajstić information content (AvgIpc) is 2.49. The lowest BCUT2D eigenvalue weighted by Crippen LogP contribution is -2.43. The van der Waals surface area contributed by atoms with Crippen molar-refractivity contribution in [1.29, 1.82) is 0 Å². The van der Waals surface area contributed by atoms with E-state index in [9.17, 15) is 9.18 Å². The third-order valence-corrected chi connectivity index (χ3v) is 2.87. The molecule has 0 aliphatic rings. The molecule has 0 fully saturated rings. The van der Waals surface area contributed by atoms with Crippen molar-refractivity contribution in [3.8, 4) is 0 Å². The molecule has 0 unspecified atom stereocenters. The van der Waals surface area contributed by atoms with Crippen LogP contribution in [0.15, 0.2) is 42.7 Å². The monoisotopic (exact) mass is 304 g/mol. The van der Waals surface area contributed by atoms with Gasteiger partial charge in [0.2, 0.25) is 0 Å². The van der Waals surface area contributed by atoms with Crippen molar-refractivity contribution in [3.63, 3.8) is 0 Å². The maximum atomic E-state index is 13.4. The van der Waals surface area contributed by atoms with Gasteiger partial charge in [-0.25, -0.2) is 4.39 Å². The van der Waals surface area contributed by atoms with Crippen LogP contribution in [0.3, 0.4) is 0 Å². The summed E-state index contributed by atoms with van der Waals surface area (Å²) in [5.41, 5.74) is 6.46. The molecule has 7 heteroatoms. The zero-order valence-corrected chi connectivity index (χ0v) is 12.0. The van der Waals surface area contributed by atoms with Crippen molar-refractivity contribution in [2.24, 2.45) is 0 Å². The number of aryl methyl sites for hydroxylation is 1. The van der Waals surface area contributed by atoms with Crippen molar-refractivity contribution in [3.05, 3.63) is 59.7 Å². The molecule has 2 rings (SSSR count). The number of pyridine rings is 1. The lowest BCUT2D eigenvalue weighted by molar-refractivity contribution is 0.0944. The Morgan fingerprint density at radius 1 is 1.19 bits per heavy atom. The maximum absolute atomic E-state index is 13.4. The quantitative estimate of drug-likeness (QED) is 0.586. The van der Waals surface area contributed by atoms with Gasteiger partial charge in [0.15, 0.2) is 5.11 Å². The Bertz CT molecular complexity index is 663. The molecular weight excluding hydrogens is 291 g/mol. The van der Waals surface area contributed by atoms with Crippen LogP contribution in [-0.4, -0.2) is 16.0 Å². The standard InChI is InChI=1S/C14H13FN4OS/c1-9-2-3-11(8-12(9)15)17-14(21)19-18-13(20)10-4-6-16-7-5-10/h2-8H,1H3,(H,18,20)(H2,17,19,21). The molecule has 0 saturated carbocycles. The van der Waals surface area contributed by atoms with Crippen molar-refractivity contribution < 1.29 is 9.18 Å². The van der Waals surface area contributed by atoms with Crippen LogP contribution in [0.1, 0.15) is 15.9 Å². The first kappa shape index (κ1) is 14.9. The molecule has 0 saturated heterocycles. The molecule has 21 heavy (non-hydrogen) atoms. The van der Waals surface area contributed by atoms with Crippen LogP contribution < -0.4 is 16.2 Å². The van der Waals surface area contributed by atoms with Gasteiger partial charge in [0.05, 0.1) is 0 Å². The summed E-state index contributed by atoms with van der Waals surface area (Å²) in [6.07, 6.45) is 3.03. The minimum absolute atomic E-state index is 0.153. The van der Waals surface area contributed by atoms with Crippen molar-refractivity contribution in [2.75, 3.05) is 5.32 Å². The minimum atomic E-state index is -0.350. The Morgan fingerprint density at radius 3 is 2.57 bits per heavy atom. The zero-order valence-electron chi connectivity index (χ0n) is 11.2. The molecule has 2 aromatic rings. The highest BCUT2D eigenvalue weighted by Gasteiger charge is 2.05. The van der Waals surface area contributed by atoms with Gasteiger partial charge < -0.3 is 5.32 Å². The molecule has 1 amide bonds. The predicted molar refractivity (Wildman–Crippen MR) is 82.2 cm³/mol. The fourth-order valence-electron chi connectivity index (χ4n) is 1.52. The first-order valence-electron chi connectivity index (χ1n) is 6.10. The van der Waals surface area contributed by atoms with E-state index in [1.807, 2.05) is 0 Å². The predicted octanol–water partition coefficient (Wildman–Crippen LogP) is 2.16. The van der Waals surface area contributed by atoms with Gasteiger partial charge in [-0.2, -0.15) is 0 Å². The third-order valence-electron chi connectivity index (χ3n) is 2.66. The number of nitrogens with one attached hydrogen (secondary N) is 3. The molecule has 1 heterocycles. The Kier molecular flexibility index (Phi) is 4.78. The van der Waals surface area contributed by atoms with E-state index >= 15 is 0 Å². The largest absolute Gasteiger partial charge is 0.331 e. The van der Waals surface area contributed by atoms with E-state index < -0.39 is 0 Å². The second kappa shape index (κ2) is 6.76. The van der Waals surface area contributed by atoms with Crippen LogP contribution in [0.25, 0.3) is 0 Å². The lowest BCUT2D eigenvalue weighted by atomic mass is 10.2. The van der Waals surface area contributed by atoms with E-state index in [2.05, 4.69) is 21.2 Å². The molecule has 108 valence electrons. The lowest BCUT2D eigenvalue weighted by Gasteiger charge is -2.12. The number of hydrogen-bond donors (Lipinski definition) is 3. The highest BCUT2D eigenvalue weighted by atomic mass is 32.1. The molecule has 3 N–H and O–H groups in total. The van der Waals surface area contributed by atoms with Gasteiger partial charge in [-0.05, 0) is 49.0 Å². The highest BCUT2D eigenvalue weighted by Crippen LogP contribution is 2.13. The molecule has 0 spiro atoms. The first-order valence-corrected chi connectivity index (χ1v) is 6.50. The molecule has 5 nitrogen and oxygen atoms in total. The van der Waals surface area contributed by atoms with E-state index in [-0.39, 0.29) is 16.8 Å². The smallest absolute Gasteiger partial charge is 0.269 e. The van der Waals surface area contributed by atoms with Crippen molar-refractivity contribution >= 4 is 28.9 Å². The van der Waals surface area contributed by atoms with Gasteiger partial charge >= 0.3 is 0 Å². The van der Waals surface area contributed by atoms with Crippen LogP contribution in [0, 0.1) is 12.7 Å². The van der Waals surface area contributed by atoms with Crippen LogP contribution in [0.2, 0.25) is 0 Å². The number of thiocarbonyl (C=S) groups is 1. The molecule has 0 aliphatic carbocycles. The topological polar surface area (TPSA) is 66.0 Å². The zero-order chi connectivity index (χ0) is 15.2. The number of benzene rings is 1. The number of hydrazine groups is 1. The second-order valence-corrected chi connectivity index (χ2v) is 4.64. The fourth-order valence-corrected chi connectivity index (χ4v) is 1.69. The van der Waals surface area contributed by atoms with E-state index in [0.717, 1.165) is 0 Å². The average molecular weight is 304 g/mol. The van der Waals surface area contributed by atoms with E-state index in [0.29, 0.717) is 16.8 Å². The molecular formula is C14H13FN4OS. The molecule has 1 aromatic heterocycles. The maximum Gasteiger partial charge on any atom is 0.269 e. The van der Waals surface area contributed by atoms with E-state index in [4.69, 9.17) is 12.2 Å².